The number of benzene rings is 1. The molecule has 2 aromatic heterocycles. The highest BCUT2D eigenvalue weighted by molar-refractivity contribution is 7.14. The van der Waals surface area contributed by atoms with Gasteiger partial charge in [0.1, 0.15) is 12.9 Å². The zero-order chi connectivity index (χ0) is 22.9. The lowest BCUT2D eigenvalue weighted by molar-refractivity contribution is -0.122. The molecule has 4 rings (SSSR count). The lowest BCUT2D eigenvalue weighted by Crippen LogP contribution is -2.49. The molecular weight excluding hydrogens is 432 g/mol. The molecule has 0 unspecified atom stereocenters. The zero-order valence-electron chi connectivity index (χ0n) is 17.6. The number of methoxy groups -OCH3 is 1. The van der Waals surface area contributed by atoms with Gasteiger partial charge in [0.2, 0.25) is 5.54 Å². The molecule has 3 N–H and O–H groups in total. The molecule has 164 valence electrons. The maximum Gasteiger partial charge on any atom is 0.323 e. The van der Waals surface area contributed by atoms with E-state index in [9.17, 15) is 14.7 Å². The summed E-state index contributed by atoms with van der Waals surface area (Å²) in [7, 11) is 3.01. The minimum atomic E-state index is -1.55. The molecule has 1 aliphatic heterocycles. The van der Waals surface area contributed by atoms with Crippen LogP contribution in [0.1, 0.15) is 16.7 Å². The molecule has 0 aliphatic carbocycles. The van der Waals surface area contributed by atoms with Crippen LogP contribution in [0.3, 0.4) is 0 Å². The van der Waals surface area contributed by atoms with Gasteiger partial charge in [-0.3, -0.25) is 10.1 Å². The molecule has 1 saturated heterocycles. The maximum atomic E-state index is 12.7. The summed E-state index contributed by atoms with van der Waals surface area (Å²) < 4.78 is 6.70. The average molecular weight is 452 g/mol. The number of hydrogen-bond donors (Lipinski definition) is 3. The zero-order valence-corrected chi connectivity index (χ0v) is 18.4. The molecular formula is C22H20N4O5S. The number of nitrogens with one attached hydrogen (secondary N) is 2. The van der Waals surface area contributed by atoms with Gasteiger partial charge in [-0.2, -0.15) is 0 Å². The Morgan fingerprint density at radius 3 is 2.78 bits per heavy atom. The molecule has 32 heavy (non-hydrogen) atoms. The Bertz CT molecular complexity index is 1310. The fourth-order valence-electron chi connectivity index (χ4n) is 3.41. The van der Waals surface area contributed by atoms with Crippen molar-refractivity contribution < 1.29 is 24.3 Å². The van der Waals surface area contributed by atoms with Crippen molar-refractivity contribution in [2.24, 2.45) is 5.16 Å². The van der Waals surface area contributed by atoms with Crippen LogP contribution in [0, 0.1) is 11.8 Å². The Hall–Kier alpha value is -3.97. The van der Waals surface area contributed by atoms with E-state index in [1.807, 2.05) is 13.0 Å². The number of imide groups is 1. The number of carbonyl (C=O) groups is 2. The van der Waals surface area contributed by atoms with Crippen LogP contribution >= 0.6 is 11.3 Å². The second-order valence-electron chi connectivity index (χ2n) is 7.12. The van der Waals surface area contributed by atoms with Gasteiger partial charge in [0.15, 0.2) is 5.88 Å². The molecule has 1 aliphatic rings. The van der Waals surface area contributed by atoms with Crippen molar-refractivity contribution in [3.05, 3.63) is 46.3 Å². The van der Waals surface area contributed by atoms with Crippen molar-refractivity contribution in [3.63, 3.8) is 0 Å². The van der Waals surface area contributed by atoms with Crippen LogP contribution in [0.4, 0.5) is 4.79 Å². The molecule has 0 radical (unpaired) electrons. The molecule has 1 aromatic carbocycles. The lowest BCUT2D eigenvalue weighted by Gasteiger charge is -2.20. The molecule has 0 bridgehead atoms. The molecule has 0 saturated carbocycles. The lowest BCUT2D eigenvalue weighted by atomic mass is 10.0. The average Bonchev–Trinajstić information content (AvgIpc) is 3.44. The number of ether oxygens (including phenoxy) is 1. The van der Waals surface area contributed by atoms with E-state index in [1.54, 1.807) is 30.5 Å². The Balaban J connectivity index is 1.71. The highest BCUT2D eigenvalue weighted by Crippen LogP contribution is 2.32. The van der Waals surface area contributed by atoms with Crippen LogP contribution < -0.4 is 15.4 Å². The Morgan fingerprint density at radius 1 is 1.28 bits per heavy atom. The van der Waals surface area contributed by atoms with E-state index in [-0.39, 0.29) is 12.4 Å². The van der Waals surface area contributed by atoms with E-state index in [4.69, 9.17) is 9.57 Å². The third-order valence-electron chi connectivity index (χ3n) is 5.01. The number of rotatable bonds is 5. The fourth-order valence-corrected chi connectivity index (χ4v) is 4.20. The molecule has 10 heteroatoms. The predicted molar refractivity (Wildman–Crippen MR) is 120 cm³/mol. The van der Waals surface area contributed by atoms with Crippen molar-refractivity contribution >= 4 is 39.8 Å². The van der Waals surface area contributed by atoms with Gasteiger partial charge in [0.05, 0.1) is 29.1 Å². The normalized spacial score (nSPS) is 18.2. The van der Waals surface area contributed by atoms with Crippen LogP contribution in [0.25, 0.3) is 10.8 Å². The highest BCUT2D eigenvalue weighted by Gasteiger charge is 2.46. The molecule has 1 fully saturated rings. The number of oxime groups is 1. The minimum Gasteiger partial charge on any atom is -0.497 e. The summed E-state index contributed by atoms with van der Waals surface area (Å²) in [4.78, 5) is 31.0. The van der Waals surface area contributed by atoms with E-state index >= 15 is 0 Å². The van der Waals surface area contributed by atoms with E-state index in [1.165, 1.54) is 30.1 Å². The number of thiophene rings is 1. The summed E-state index contributed by atoms with van der Waals surface area (Å²) in [6.07, 6.45) is 1.69. The first-order valence-electron chi connectivity index (χ1n) is 9.56. The second-order valence-corrected chi connectivity index (χ2v) is 8.20. The number of nitrogens with zero attached hydrogens (tertiary/aromatic N) is 2. The molecule has 9 nitrogen and oxygen atoms in total. The van der Waals surface area contributed by atoms with Crippen molar-refractivity contribution in [1.82, 2.24) is 15.2 Å². The molecule has 3 aromatic rings. The van der Waals surface area contributed by atoms with Crippen LogP contribution in [-0.4, -0.2) is 47.1 Å². The number of carbonyl (C=O) groups excluding carboxylic acids is 2. The molecule has 0 spiro atoms. The number of urea groups is 1. The standard InChI is InChI=1S/C22H20N4O5S/c1-13(25-31-3)18-7-6-16(32-18)8-9-22(20(28)23-21(29)24-22)12-26-11-14-4-5-15(30-2)10-17(14)19(26)27/h4-7,10-11,27H,12H2,1-3H3,(H2,23,24,28,29)/t22-/m1/s1. The topological polar surface area (TPSA) is 114 Å². The number of aromatic hydroxyl groups is 1. The second kappa shape index (κ2) is 8.28. The van der Waals surface area contributed by atoms with Crippen LogP contribution in [-0.2, 0) is 16.2 Å². The smallest absolute Gasteiger partial charge is 0.323 e. The van der Waals surface area contributed by atoms with Gasteiger partial charge in [-0.25, -0.2) is 4.79 Å². The third kappa shape index (κ3) is 3.86. The van der Waals surface area contributed by atoms with Gasteiger partial charge in [-0.1, -0.05) is 17.0 Å². The monoisotopic (exact) mass is 452 g/mol. The van der Waals surface area contributed by atoms with Crippen LogP contribution in [0.15, 0.2) is 41.7 Å². The van der Waals surface area contributed by atoms with Gasteiger partial charge >= 0.3 is 6.03 Å². The number of aromatic nitrogens is 1. The minimum absolute atomic E-state index is 0.0566. The summed E-state index contributed by atoms with van der Waals surface area (Å²) in [6.45, 7) is 1.73. The summed E-state index contributed by atoms with van der Waals surface area (Å²) in [5.74, 6) is 5.83. The summed E-state index contributed by atoms with van der Waals surface area (Å²) >= 11 is 1.38. The number of amides is 3. The van der Waals surface area contributed by atoms with Gasteiger partial charge in [-0.05, 0) is 37.3 Å². The molecule has 3 amide bonds. The number of hydrogen-bond acceptors (Lipinski definition) is 7. The highest BCUT2D eigenvalue weighted by atomic mass is 32.1. The first kappa shape index (κ1) is 21.3. The van der Waals surface area contributed by atoms with Gasteiger partial charge in [0.25, 0.3) is 5.91 Å². The maximum absolute atomic E-state index is 12.7. The first-order valence-corrected chi connectivity index (χ1v) is 10.4. The van der Waals surface area contributed by atoms with E-state index in [2.05, 4.69) is 27.6 Å². The van der Waals surface area contributed by atoms with Crippen molar-refractivity contribution in [1.29, 1.82) is 0 Å². The molecule has 1 atom stereocenters. The van der Waals surface area contributed by atoms with E-state index in [0.717, 1.165) is 10.3 Å². The Morgan fingerprint density at radius 2 is 2.09 bits per heavy atom. The van der Waals surface area contributed by atoms with Gasteiger partial charge < -0.3 is 24.6 Å². The van der Waals surface area contributed by atoms with Crippen molar-refractivity contribution in [2.45, 2.75) is 19.0 Å². The van der Waals surface area contributed by atoms with Crippen molar-refractivity contribution in [2.75, 3.05) is 14.2 Å². The van der Waals surface area contributed by atoms with Gasteiger partial charge in [-0.15, -0.1) is 11.3 Å². The fraction of sp³-hybridized carbons (Fsp3) is 0.227. The van der Waals surface area contributed by atoms with E-state index in [0.29, 0.717) is 21.7 Å². The number of fused-ring (bicyclic) bond motifs is 1. The van der Waals surface area contributed by atoms with Crippen molar-refractivity contribution in [3.8, 4) is 23.5 Å². The third-order valence-corrected chi connectivity index (χ3v) is 6.12. The summed E-state index contributed by atoms with van der Waals surface area (Å²) in [5, 5.41) is 20.8. The Labute approximate surface area is 187 Å². The Kier molecular flexibility index (Phi) is 5.50. The SMILES string of the molecule is CON=C(C)c1ccc(C#C[C@]2(Cn3cc4ccc(OC)cc4c3O)NC(=O)NC2=O)s1. The summed E-state index contributed by atoms with van der Waals surface area (Å²) in [6, 6.07) is 8.28. The molecule has 3 heterocycles. The van der Waals surface area contributed by atoms with E-state index < -0.39 is 17.5 Å². The van der Waals surface area contributed by atoms with Gasteiger partial charge in [0, 0.05) is 17.0 Å². The quantitative estimate of drug-likeness (QED) is 0.238. The van der Waals surface area contributed by atoms with Crippen LogP contribution in [0.2, 0.25) is 0 Å². The first-order chi connectivity index (χ1) is 15.3. The summed E-state index contributed by atoms with van der Waals surface area (Å²) in [5.41, 5.74) is -0.848. The largest absolute Gasteiger partial charge is 0.497 e. The predicted octanol–water partition coefficient (Wildman–Crippen LogP) is 2.42. The van der Waals surface area contributed by atoms with Crippen LogP contribution in [0.5, 0.6) is 11.6 Å².